The molecule has 0 aliphatic carbocycles. The molecule has 0 unspecified atom stereocenters. The maximum atomic E-state index is 12.8. The standard InChI is InChI=1S/C19H14ClF3N2O4/c1-26-16-10-17(25-18(24-16)27-2)29-15-7-6-13(9-14(15)20)28-12-5-3-4-11(8-12)19(21,22)23/h3-10H,1-2H3. The van der Waals surface area contributed by atoms with E-state index in [2.05, 4.69) is 9.97 Å². The first-order valence-electron chi connectivity index (χ1n) is 8.08. The number of halogens is 4. The highest BCUT2D eigenvalue weighted by atomic mass is 35.5. The molecule has 2 aromatic carbocycles. The molecule has 0 saturated heterocycles. The Balaban J connectivity index is 1.79. The number of methoxy groups -OCH3 is 2. The van der Waals surface area contributed by atoms with Gasteiger partial charge in [-0.25, -0.2) is 0 Å². The lowest BCUT2D eigenvalue weighted by Gasteiger charge is -2.12. The minimum absolute atomic E-state index is 0.0230. The van der Waals surface area contributed by atoms with Gasteiger partial charge >= 0.3 is 12.2 Å². The fourth-order valence-corrected chi connectivity index (χ4v) is 2.45. The molecule has 6 nitrogen and oxygen atoms in total. The predicted octanol–water partition coefficient (Wildman–Crippen LogP) is 5.75. The summed E-state index contributed by atoms with van der Waals surface area (Å²) in [5.74, 6) is 0.856. The zero-order valence-corrected chi connectivity index (χ0v) is 15.9. The Hall–Kier alpha value is -3.20. The first kappa shape index (κ1) is 20.5. The van der Waals surface area contributed by atoms with Gasteiger partial charge < -0.3 is 18.9 Å². The Labute approximate surface area is 168 Å². The highest BCUT2D eigenvalue weighted by Crippen LogP contribution is 2.36. The van der Waals surface area contributed by atoms with Crippen LogP contribution in [0, 0.1) is 0 Å². The Morgan fingerprint density at radius 1 is 0.828 bits per heavy atom. The summed E-state index contributed by atoms with van der Waals surface area (Å²) in [5.41, 5.74) is -0.812. The second-order valence-electron chi connectivity index (χ2n) is 5.56. The number of aromatic nitrogens is 2. The van der Waals surface area contributed by atoms with Crippen molar-refractivity contribution in [3.8, 4) is 35.0 Å². The van der Waals surface area contributed by atoms with Crippen LogP contribution in [0.1, 0.15) is 5.56 Å². The van der Waals surface area contributed by atoms with Crippen molar-refractivity contribution in [2.24, 2.45) is 0 Å². The number of rotatable bonds is 6. The van der Waals surface area contributed by atoms with E-state index in [9.17, 15) is 13.2 Å². The van der Waals surface area contributed by atoms with Crippen molar-refractivity contribution in [3.63, 3.8) is 0 Å². The molecule has 0 saturated carbocycles. The zero-order chi connectivity index (χ0) is 21.0. The minimum Gasteiger partial charge on any atom is -0.481 e. The second kappa shape index (κ2) is 8.44. The quantitative estimate of drug-likeness (QED) is 0.500. The molecule has 3 aromatic rings. The zero-order valence-electron chi connectivity index (χ0n) is 15.2. The van der Waals surface area contributed by atoms with Crippen LogP contribution in [0.15, 0.2) is 48.5 Å². The molecule has 1 heterocycles. The first-order valence-corrected chi connectivity index (χ1v) is 8.46. The molecule has 3 rings (SSSR count). The molecule has 0 fully saturated rings. The van der Waals surface area contributed by atoms with E-state index in [1.54, 1.807) is 0 Å². The van der Waals surface area contributed by atoms with Crippen LogP contribution in [0.2, 0.25) is 5.02 Å². The van der Waals surface area contributed by atoms with Crippen molar-refractivity contribution in [3.05, 3.63) is 59.1 Å². The number of nitrogens with zero attached hydrogens (tertiary/aromatic N) is 2. The Morgan fingerprint density at radius 3 is 2.21 bits per heavy atom. The Morgan fingerprint density at radius 2 is 1.55 bits per heavy atom. The average molecular weight is 427 g/mol. The summed E-state index contributed by atoms with van der Waals surface area (Å²) in [4.78, 5) is 7.98. The fraction of sp³-hybridized carbons (Fsp3) is 0.158. The van der Waals surface area contributed by atoms with E-state index in [0.29, 0.717) is 0 Å². The number of ether oxygens (including phenoxy) is 4. The second-order valence-corrected chi connectivity index (χ2v) is 5.96. The number of benzene rings is 2. The van der Waals surface area contributed by atoms with Gasteiger partial charge in [-0.3, -0.25) is 0 Å². The summed E-state index contributed by atoms with van der Waals surface area (Å²) >= 11 is 6.21. The van der Waals surface area contributed by atoms with Crippen molar-refractivity contribution < 1.29 is 32.1 Å². The molecule has 0 aliphatic heterocycles. The van der Waals surface area contributed by atoms with Crippen molar-refractivity contribution in [1.82, 2.24) is 9.97 Å². The van der Waals surface area contributed by atoms with Crippen LogP contribution in [0.5, 0.6) is 35.0 Å². The summed E-state index contributed by atoms with van der Waals surface area (Å²) < 4.78 is 59.5. The molecule has 10 heteroatoms. The van der Waals surface area contributed by atoms with Crippen molar-refractivity contribution in [2.75, 3.05) is 14.2 Å². The van der Waals surface area contributed by atoms with Gasteiger partial charge in [-0.15, -0.1) is 0 Å². The molecule has 1 aromatic heterocycles. The SMILES string of the molecule is COc1cc(Oc2ccc(Oc3cccc(C(F)(F)F)c3)cc2Cl)nc(OC)n1. The van der Waals surface area contributed by atoms with Crippen LogP contribution in [-0.4, -0.2) is 24.2 Å². The summed E-state index contributed by atoms with van der Waals surface area (Å²) in [6, 6.07) is 10.4. The van der Waals surface area contributed by atoms with Gasteiger partial charge in [-0.05, 0) is 30.3 Å². The Bertz CT molecular complexity index is 993. The molecule has 152 valence electrons. The molecule has 29 heavy (non-hydrogen) atoms. The number of alkyl halides is 3. The van der Waals surface area contributed by atoms with E-state index in [1.165, 1.54) is 50.6 Å². The van der Waals surface area contributed by atoms with Crippen molar-refractivity contribution >= 4 is 11.6 Å². The maximum Gasteiger partial charge on any atom is 0.416 e. The highest BCUT2D eigenvalue weighted by Gasteiger charge is 2.30. The molecule has 0 spiro atoms. The van der Waals surface area contributed by atoms with E-state index < -0.39 is 11.7 Å². The fourth-order valence-electron chi connectivity index (χ4n) is 2.24. The van der Waals surface area contributed by atoms with Crippen LogP contribution in [0.4, 0.5) is 13.2 Å². The summed E-state index contributed by atoms with van der Waals surface area (Å²) in [6.45, 7) is 0. The Kier molecular flexibility index (Phi) is 5.97. The van der Waals surface area contributed by atoms with Crippen molar-refractivity contribution in [1.29, 1.82) is 0 Å². The number of hydrogen-bond donors (Lipinski definition) is 0. The third-order valence-electron chi connectivity index (χ3n) is 3.57. The van der Waals surface area contributed by atoms with Crippen LogP contribution >= 0.6 is 11.6 Å². The molecule has 0 N–H and O–H groups in total. The molecule has 0 amide bonds. The lowest BCUT2D eigenvalue weighted by atomic mass is 10.2. The monoisotopic (exact) mass is 426 g/mol. The van der Waals surface area contributed by atoms with Crippen LogP contribution in [0.3, 0.4) is 0 Å². The van der Waals surface area contributed by atoms with E-state index in [4.69, 9.17) is 30.5 Å². The largest absolute Gasteiger partial charge is 0.481 e. The predicted molar refractivity (Wildman–Crippen MR) is 98.2 cm³/mol. The first-order chi connectivity index (χ1) is 13.8. The molecule has 0 bridgehead atoms. The van der Waals surface area contributed by atoms with E-state index >= 15 is 0 Å². The van der Waals surface area contributed by atoms with Gasteiger partial charge in [0.05, 0.1) is 30.9 Å². The molecule has 0 aliphatic rings. The summed E-state index contributed by atoms with van der Waals surface area (Å²) in [7, 11) is 2.82. The van der Waals surface area contributed by atoms with Gasteiger partial charge in [-0.1, -0.05) is 17.7 Å². The molecular weight excluding hydrogens is 413 g/mol. The highest BCUT2D eigenvalue weighted by molar-refractivity contribution is 6.32. The van der Waals surface area contributed by atoms with E-state index in [-0.39, 0.29) is 40.0 Å². The molecular formula is C19H14ClF3N2O4. The van der Waals surface area contributed by atoms with Gasteiger partial charge in [-0.2, -0.15) is 23.1 Å². The molecule has 0 radical (unpaired) electrons. The van der Waals surface area contributed by atoms with Crippen LogP contribution in [-0.2, 0) is 6.18 Å². The lowest BCUT2D eigenvalue weighted by Crippen LogP contribution is -2.04. The summed E-state index contributed by atoms with van der Waals surface area (Å²) in [5, 5.41) is 0.158. The average Bonchev–Trinajstić information content (AvgIpc) is 2.69. The third-order valence-corrected chi connectivity index (χ3v) is 3.86. The van der Waals surface area contributed by atoms with Gasteiger partial charge in [0.15, 0.2) is 0 Å². The van der Waals surface area contributed by atoms with E-state index in [0.717, 1.165) is 12.1 Å². The van der Waals surface area contributed by atoms with Gasteiger partial charge in [0, 0.05) is 6.07 Å². The van der Waals surface area contributed by atoms with Crippen LogP contribution in [0.25, 0.3) is 0 Å². The topological polar surface area (TPSA) is 62.7 Å². The smallest absolute Gasteiger partial charge is 0.416 e. The summed E-state index contributed by atoms with van der Waals surface area (Å²) in [6.07, 6.45) is -4.46. The van der Waals surface area contributed by atoms with Crippen LogP contribution < -0.4 is 18.9 Å². The van der Waals surface area contributed by atoms with Crippen molar-refractivity contribution in [2.45, 2.75) is 6.18 Å². The molecule has 0 atom stereocenters. The van der Waals surface area contributed by atoms with Gasteiger partial charge in [0.1, 0.15) is 17.2 Å². The normalized spacial score (nSPS) is 11.1. The van der Waals surface area contributed by atoms with Gasteiger partial charge in [0.25, 0.3) is 0 Å². The minimum atomic E-state index is -4.46. The van der Waals surface area contributed by atoms with E-state index in [1.807, 2.05) is 0 Å². The van der Waals surface area contributed by atoms with Gasteiger partial charge in [0.2, 0.25) is 11.8 Å². The number of hydrogen-bond acceptors (Lipinski definition) is 6. The lowest BCUT2D eigenvalue weighted by molar-refractivity contribution is -0.137. The third kappa shape index (κ3) is 5.20. The maximum absolute atomic E-state index is 12.8.